The number of ketones is 1. The zero-order chi connectivity index (χ0) is 22.1. The standard InChI is InChI=1S/C24H18N2O5/c1-30-23(28)17-11-13-7-3-4-8-14(13)12-18(17)26-21-15-9-5-6-10-16(15)22(27)20(25)19(21)24(29)31-2/h3-12H,25H2,1-2H3. The average molecular weight is 414 g/mol. The number of carbonyl (C=O) groups excluding carboxylic acids is 3. The molecular weight excluding hydrogens is 396 g/mol. The van der Waals surface area contributed by atoms with Gasteiger partial charge in [-0.15, -0.1) is 0 Å². The third kappa shape index (κ3) is 3.36. The molecule has 3 aromatic carbocycles. The van der Waals surface area contributed by atoms with Crippen LogP contribution in [0.15, 0.2) is 76.9 Å². The van der Waals surface area contributed by atoms with Crippen LogP contribution in [-0.4, -0.2) is 37.7 Å². The molecule has 0 amide bonds. The smallest absolute Gasteiger partial charge is 0.342 e. The molecule has 0 spiro atoms. The van der Waals surface area contributed by atoms with Gasteiger partial charge in [0.25, 0.3) is 0 Å². The van der Waals surface area contributed by atoms with Crippen LogP contribution in [0.5, 0.6) is 0 Å². The normalized spacial score (nSPS) is 14.5. The number of allylic oxidation sites excluding steroid dienone is 1. The monoisotopic (exact) mass is 414 g/mol. The molecule has 1 aliphatic carbocycles. The molecule has 3 aromatic rings. The number of benzene rings is 3. The van der Waals surface area contributed by atoms with Gasteiger partial charge in [-0.1, -0.05) is 48.5 Å². The number of aliphatic imine (C=N–C) groups is 1. The lowest BCUT2D eigenvalue weighted by Crippen LogP contribution is -2.31. The molecule has 4 rings (SSSR count). The lowest BCUT2D eigenvalue weighted by atomic mass is 9.86. The first-order chi connectivity index (χ1) is 15.0. The number of fused-ring (bicyclic) bond motifs is 2. The Labute approximate surface area is 177 Å². The third-order valence-corrected chi connectivity index (χ3v) is 5.07. The summed E-state index contributed by atoms with van der Waals surface area (Å²) in [5, 5.41) is 1.67. The number of hydrogen-bond donors (Lipinski definition) is 1. The Morgan fingerprint density at radius 1 is 0.839 bits per heavy atom. The SMILES string of the molecule is COC(=O)C1=C(N)C(=O)c2ccccc2C1=Nc1cc2ccccc2cc1C(=O)OC. The number of ether oxygens (including phenoxy) is 2. The van der Waals surface area contributed by atoms with Crippen molar-refractivity contribution in [3.63, 3.8) is 0 Å². The van der Waals surface area contributed by atoms with Gasteiger partial charge in [-0.3, -0.25) is 4.79 Å². The number of methoxy groups -OCH3 is 2. The van der Waals surface area contributed by atoms with Gasteiger partial charge in [0.15, 0.2) is 0 Å². The quantitative estimate of drug-likeness (QED) is 0.659. The van der Waals surface area contributed by atoms with Gasteiger partial charge >= 0.3 is 11.9 Å². The van der Waals surface area contributed by atoms with E-state index >= 15 is 0 Å². The second-order valence-corrected chi connectivity index (χ2v) is 6.82. The van der Waals surface area contributed by atoms with Gasteiger partial charge in [0.1, 0.15) is 5.57 Å². The van der Waals surface area contributed by atoms with E-state index in [0.29, 0.717) is 11.1 Å². The van der Waals surface area contributed by atoms with Crippen LogP contribution >= 0.6 is 0 Å². The largest absolute Gasteiger partial charge is 0.465 e. The first-order valence-corrected chi connectivity index (χ1v) is 9.38. The average Bonchev–Trinajstić information content (AvgIpc) is 2.81. The Morgan fingerprint density at radius 2 is 1.42 bits per heavy atom. The summed E-state index contributed by atoms with van der Waals surface area (Å²) >= 11 is 0. The van der Waals surface area contributed by atoms with Crippen molar-refractivity contribution in [2.75, 3.05) is 14.2 Å². The third-order valence-electron chi connectivity index (χ3n) is 5.07. The first kappa shape index (κ1) is 20.0. The van der Waals surface area contributed by atoms with Crippen molar-refractivity contribution in [1.29, 1.82) is 0 Å². The van der Waals surface area contributed by atoms with Crippen LogP contribution < -0.4 is 5.73 Å². The van der Waals surface area contributed by atoms with E-state index in [2.05, 4.69) is 4.99 Å². The van der Waals surface area contributed by atoms with Gasteiger partial charge in [0, 0.05) is 11.1 Å². The lowest BCUT2D eigenvalue weighted by molar-refractivity contribution is -0.135. The summed E-state index contributed by atoms with van der Waals surface area (Å²) in [6, 6.07) is 17.6. The van der Waals surface area contributed by atoms with E-state index in [1.807, 2.05) is 24.3 Å². The molecule has 0 radical (unpaired) electrons. The number of nitrogens with two attached hydrogens (primary N) is 1. The fourth-order valence-electron chi connectivity index (χ4n) is 3.55. The molecule has 31 heavy (non-hydrogen) atoms. The Hall–Kier alpha value is -4.26. The van der Waals surface area contributed by atoms with Crippen molar-refractivity contribution in [2.45, 2.75) is 0 Å². The minimum Gasteiger partial charge on any atom is -0.465 e. The van der Waals surface area contributed by atoms with E-state index in [0.717, 1.165) is 10.8 Å². The molecule has 0 bridgehead atoms. The number of esters is 2. The van der Waals surface area contributed by atoms with Crippen LogP contribution in [0.1, 0.15) is 26.3 Å². The maximum atomic E-state index is 12.7. The summed E-state index contributed by atoms with van der Waals surface area (Å²) in [4.78, 5) is 42.4. The highest BCUT2D eigenvalue weighted by molar-refractivity contribution is 6.37. The predicted molar refractivity (Wildman–Crippen MR) is 115 cm³/mol. The maximum absolute atomic E-state index is 12.7. The fraction of sp³-hybridized carbons (Fsp3) is 0.0833. The molecule has 0 unspecified atom stereocenters. The molecule has 0 aliphatic heterocycles. The predicted octanol–water partition coefficient (Wildman–Crippen LogP) is 3.33. The second-order valence-electron chi connectivity index (χ2n) is 6.82. The van der Waals surface area contributed by atoms with Crippen LogP contribution in [0.25, 0.3) is 10.8 Å². The van der Waals surface area contributed by atoms with Crippen LogP contribution in [0.4, 0.5) is 5.69 Å². The number of nitrogens with zero attached hydrogens (tertiary/aromatic N) is 1. The molecule has 7 heteroatoms. The molecule has 0 heterocycles. The van der Waals surface area contributed by atoms with Crippen LogP contribution in [0, 0.1) is 0 Å². The molecule has 7 nitrogen and oxygen atoms in total. The molecule has 2 N–H and O–H groups in total. The van der Waals surface area contributed by atoms with Crippen molar-refractivity contribution in [3.05, 3.63) is 88.6 Å². The van der Waals surface area contributed by atoms with E-state index < -0.39 is 17.7 Å². The van der Waals surface area contributed by atoms with Gasteiger partial charge in [0.05, 0.1) is 36.9 Å². The highest BCUT2D eigenvalue weighted by atomic mass is 16.5. The van der Waals surface area contributed by atoms with Crippen molar-refractivity contribution < 1.29 is 23.9 Å². The van der Waals surface area contributed by atoms with Crippen molar-refractivity contribution in [1.82, 2.24) is 0 Å². The summed E-state index contributed by atoms with van der Waals surface area (Å²) < 4.78 is 9.79. The first-order valence-electron chi connectivity index (χ1n) is 9.38. The van der Waals surface area contributed by atoms with Gasteiger partial charge in [-0.2, -0.15) is 0 Å². The molecule has 0 fully saturated rings. The molecule has 154 valence electrons. The molecule has 0 aromatic heterocycles. The molecular formula is C24H18N2O5. The summed E-state index contributed by atoms with van der Waals surface area (Å²) in [5.41, 5.74) is 7.00. The van der Waals surface area contributed by atoms with Crippen LogP contribution in [-0.2, 0) is 14.3 Å². The van der Waals surface area contributed by atoms with Crippen LogP contribution in [0.2, 0.25) is 0 Å². The number of carbonyl (C=O) groups is 3. The number of Topliss-reactive ketones (excluding diaryl/α,β-unsaturated/α-hetero) is 1. The fourth-order valence-corrected chi connectivity index (χ4v) is 3.55. The van der Waals surface area contributed by atoms with Gasteiger partial charge < -0.3 is 15.2 Å². The minimum absolute atomic E-state index is 0.143. The van der Waals surface area contributed by atoms with E-state index in [1.54, 1.807) is 36.4 Å². The van der Waals surface area contributed by atoms with Gasteiger partial charge in [-0.05, 0) is 22.9 Å². The molecule has 0 atom stereocenters. The zero-order valence-electron chi connectivity index (χ0n) is 16.8. The van der Waals surface area contributed by atoms with Gasteiger partial charge in [-0.25, -0.2) is 14.6 Å². The van der Waals surface area contributed by atoms with E-state index in [1.165, 1.54) is 14.2 Å². The highest BCUT2D eigenvalue weighted by Gasteiger charge is 2.34. The van der Waals surface area contributed by atoms with Gasteiger partial charge in [0.2, 0.25) is 5.78 Å². The lowest BCUT2D eigenvalue weighted by Gasteiger charge is -2.20. The Bertz CT molecular complexity index is 1320. The van der Waals surface area contributed by atoms with E-state index in [-0.39, 0.29) is 28.2 Å². The Kier molecular flexibility index (Phi) is 5.09. The minimum atomic E-state index is -0.792. The zero-order valence-corrected chi connectivity index (χ0v) is 16.8. The molecule has 0 saturated heterocycles. The molecule has 1 aliphatic rings. The van der Waals surface area contributed by atoms with E-state index in [9.17, 15) is 14.4 Å². The maximum Gasteiger partial charge on any atom is 0.342 e. The second kappa shape index (κ2) is 7.87. The van der Waals surface area contributed by atoms with E-state index in [4.69, 9.17) is 15.2 Å². The summed E-state index contributed by atoms with van der Waals surface area (Å²) in [5.74, 6) is -1.86. The summed E-state index contributed by atoms with van der Waals surface area (Å²) in [7, 11) is 2.47. The molecule has 0 saturated carbocycles. The van der Waals surface area contributed by atoms with Crippen molar-refractivity contribution >= 4 is 39.9 Å². The highest BCUT2D eigenvalue weighted by Crippen LogP contribution is 2.32. The topological polar surface area (TPSA) is 108 Å². The van der Waals surface area contributed by atoms with Crippen molar-refractivity contribution in [3.8, 4) is 0 Å². The number of hydrogen-bond acceptors (Lipinski definition) is 7. The summed E-state index contributed by atoms with van der Waals surface area (Å²) in [6.07, 6.45) is 0. The van der Waals surface area contributed by atoms with Crippen LogP contribution in [0.3, 0.4) is 0 Å². The summed E-state index contributed by atoms with van der Waals surface area (Å²) in [6.45, 7) is 0. The number of rotatable bonds is 3. The van der Waals surface area contributed by atoms with Crippen molar-refractivity contribution in [2.24, 2.45) is 10.7 Å². The Morgan fingerprint density at radius 3 is 2.06 bits per heavy atom. The Balaban J connectivity index is 2.05.